The van der Waals surface area contributed by atoms with Crippen LogP contribution in [0.2, 0.25) is 0 Å². The van der Waals surface area contributed by atoms with Crippen molar-refractivity contribution in [3.63, 3.8) is 0 Å². The number of fused-ring (bicyclic) bond motifs is 1. The van der Waals surface area contributed by atoms with Gasteiger partial charge < -0.3 is 14.8 Å². The van der Waals surface area contributed by atoms with Crippen LogP contribution in [-0.2, 0) is 16.6 Å². The van der Waals surface area contributed by atoms with Crippen molar-refractivity contribution in [2.24, 2.45) is 7.05 Å². The van der Waals surface area contributed by atoms with Crippen molar-refractivity contribution < 1.29 is 19.8 Å². The number of aromatic nitrogens is 1. The Bertz CT molecular complexity index is 864. The number of para-hydroxylation sites is 1. The van der Waals surface area contributed by atoms with E-state index in [-0.39, 0.29) is 11.1 Å². The van der Waals surface area contributed by atoms with Crippen molar-refractivity contribution in [1.82, 2.24) is 4.57 Å². The zero-order chi connectivity index (χ0) is 17.3. The maximum Gasteiger partial charge on any atom is 0.336 e. The van der Waals surface area contributed by atoms with Gasteiger partial charge in [-0.2, -0.15) is 0 Å². The van der Waals surface area contributed by atoms with Gasteiger partial charge >= 0.3 is 11.9 Å². The third kappa shape index (κ3) is 2.90. The quantitative estimate of drug-likeness (QED) is 0.669. The number of rotatable bonds is 4. The monoisotopic (exact) mass is 313 g/mol. The predicted molar refractivity (Wildman–Crippen MR) is 89.2 cm³/mol. The number of nitrogens with zero attached hydrogens (tertiary/aromatic N) is 1. The maximum absolute atomic E-state index is 11.7. The number of carboxylic acids is 2. The number of allylic oxidation sites excluding steroid dienone is 2. The Balaban J connectivity index is 2.85. The van der Waals surface area contributed by atoms with Crippen LogP contribution in [0.5, 0.6) is 0 Å². The largest absolute Gasteiger partial charge is 0.478 e. The SMILES string of the molecule is CC(C)=C(C(=O)O)/C(C(=O)O)=C(/C)c1cn(C)c2ccccc12. The molecular formula is C18H19NO4. The first-order valence-electron chi connectivity index (χ1n) is 7.15. The minimum absolute atomic E-state index is 0.164. The van der Waals surface area contributed by atoms with Crippen molar-refractivity contribution in [2.45, 2.75) is 20.8 Å². The summed E-state index contributed by atoms with van der Waals surface area (Å²) in [5, 5.41) is 19.9. The highest BCUT2D eigenvalue weighted by Gasteiger charge is 2.25. The lowest BCUT2D eigenvalue weighted by molar-refractivity contribution is -0.136. The van der Waals surface area contributed by atoms with E-state index in [1.165, 1.54) is 0 Å². The zero-order valence-electron chi connectivity index (χ0n) is 13.5. The van der Waals surface area contributed by atoms with Crippen LogP contribution in [-0.4, -0.2) is 26.7 Å². The minimum atomic E-state index is -1.24. The van der Waals surface area contributed by atoms with E-state index >= 15 is 0 Å². The second-order valence-electron chi connectivity index (χ2n) is 5.66. The zero-order valence-corrected chi connectivity index (χ0v) is 13.5. The summed E-state index contributed by atoms with van der Waals surface area (Å²) in [6, 6.07) is 7.61. The van der Waals surface area contributed by atoms with Gasteiger partial charge in [0, 0.05) is 29.7 Å². The van der Waals surface area contributed by atoms with Gasteiger partial charge in [0.15, 0.2) is 0 Å². The summed E-state index contributed by atoms with van der Waals surface area (Å²) in [5.41, 5.74) is 2.24. The van der Waals surface area contributed by atoms with Gasteiger partial charge in [0.05, 0.1) is 11.1 Å². The third-order valence-corrected chi connectivity index (χ3v) is 3.85. The summed E-state index contributed by atoms with van der Waals surface area (Å²) in [6.45, 7) is 4.85. The topological polar surface area (TPSA) is 79.5 Å². The molecule has 0 fully saturated rings. The first kappa shape index (κ1) is 16.5. The number of carbonyl (C=O) groups is 2. The van der Waals surface area contributed by atoms with E-state index in [2.05, 4.69) is 0 Å². The highest BCUT2D eigenvalue weighted by atomic mass is 16.4. The summed E-state index contributed by atoms with van der Waals surface area (Å²) >= 11 is 0. The summed E-state index contributed by atoms with van der Waals surface area (Å²) in [4.78, 5) is 23.3. The van der Waals surface area contributed by atoms with E-state index in [4.69, 9.17) is 0 Å². The first-order chi connectivity index (χ1) is 10.8. The average molecular weight is 313 g/mol. The maximum atomic E-state index is 11.7. The van der Waals surface area contributed by atoms with E-state index in [1.54, 1.807) is 20.8 Å². The Morgan fingerprint density at radius 1 is 0.957 bits per heavy atom. The molecule has 0 saturated heterocycles. The molecule has 0 unspecified atom stereocenters. The van der Waals surface area contributed by atoms with E-state index in [9.17, 15) is 19.8 Å². The van der Waals surface area contributed by atoms with Gasteiger partial charge in [0.25, 0.3) is 0 Å². The molecule has 5 heteroatoms. The van der Waals surface area contributed by atoms with Gasteiger partial charge in [-0.1, -0.05) is 23.8 Å². The van der Waals surface area contributed by atoms with Crippen molar-refractivity contribution in [2.75, 3.05) is 0 Å². The molecule has 5 nitrogen and oxygen atoms in total. The van der Waals surface area contributed by atoms with Crippen LogP contribution < -0.4 is 0 Å². The fourth-order valence-corrected chi connectivity index (χ4v) is 2.80. The van der Waals surface area contributed by atoms with Crippen molar-refractivity contribution in [3.05, 3.63) is 52.7 Å². The molecule has 23 heavy (non-hydrogen) atoms. The normalized spacial score (nSPS) is 12.0. The molecule has 0 radical (unpaired) electrons. The molecule has 120 valence electrons. The number of carboxylic acid groups (broad SMARTS) is 2. The molecule has 0 bridgehead atoms. The molecule has 0 aliphatic heterocycles. The molecule has 0 aliphatic carbocycles. The molecular weight excluding hydrogens is 294 g/mol. The Labute approximate surface area is 134 Å². The van der Waals surface area contributed by atoms with Crippen LogP contribution in [0.3, 0.4) is 0 Å². The van der Waals surface area contributed by atoms with Gasteiger partial charge in [-0.25, -0.2) is 9.59 Å². The Morgan fingerprint density at radius 2 is 1.52 bits per heavy atom. The molecule has 1 aromatic carbocycles. The number of aryl methyl sites for hydroxylation is 1. The van der Waals surface area contributed by atoms with Gasteiger partial charge in [-0.05, 0) is 32.4 Å². The lowest BCUT2D eigenvalue weighted by atomic mass is 9.93. The lowest BCUT2D eigenvalue weighted by Gasteiger charge is -2.11. The van der Waals surface area contributed by atoms with Crippen molar-refractivity contribution in [1.29, 1.82) is 0 Å². The molecule has 2 N–H and O–H groups in total. The lowest BCUT2D eigenvalue weighted by Crippen LogP contribution is -2.14. The molecule has 1 heterocycles. The number of hydrogen-bond acceptors (Lipinski definition) is 2. The molecule has 0 spiro atoms. The first-order valence-corrected chi connectivity index (χ1v) is 7.15. The highest BCUT2D eigenvalue weighted by Crippen LogP contribution is 2.31. The standard InChI is InChI=1S/C18H19NO4/c1-10(2)15(17(20)21)16(18(22)23)11(3)13-9-19(4)14-8-6-5-7-12(13)14/h5-9H,1-4H3,(H,20,21)(H,22,23)/b16-11+. The van der Waals surface area contributed by atoms with Crippen LogP contribution in [0.15, 0.2) is 47.2 Å². The molecule has 2 rings (SSSR count). The Morgan fingerprint density at radius 3 is 2.04 bits per heavy atom. The fourth-order valence-electron chi connectivity index (χ4n) is 2.80. The van der Waals surface area contributed by atoms with E-state index in [0.717, 1.165) is 16.5 Å². The molecule has 0 atom stereocenters. The van der Waals surface area contributed by atoms with Crippen LogP contribution in [0.25, 0.3) is 16.5 Å². The summed E-state index contributed by atoms with van der Waals surface area (Å²) in [7, 11) is 1.87. The molecule has 2 aromatic rings. The smallest absolute Gasteiger partial charge is 0.336 e. The predicted octanol–water partition coefficient (Wildman–Crippen LogP) is 3.46. The van der Waals surface area contributed by atoms with Crippen LogP contribution in [0.1, 0.15) is 26.3 Å². The summed E-state index contributed by atoms with van der Waals surface area (Å²) in [5.74, 6) is -2.48. The number of aliphatic carboxylic acids is 2. The van der Waals surface area contributed by atoms with Gasteiger partial charge in [0.1, 0.15) is 0 Å². The minimum Gasteiger partial charge on any atom is -0.478 e. The Kier molecular flexibility index (Phi) is 4.40. The van der Waals surface area contributed by atoms with Crippen LogP contribution in [0.4, 0.5) is 0 Å². The van der Waals surface area contributed by atoms with Crippen LogP contribution in [0, 0.1) is 0 Å². The van der Waals surface area contributed by atoms with Gasteiger partial charge in [0.2, 0.25) is 0 Å². The number of benzene rings is 1. The second kappa shape index (κ2) is 6.12. The summed E-state index contributed by atoms with van der Waals surface area (Å²) < 4.78 is 1.90. The van der Waals surface area contributed by atoms with Crippen molar-refractivity contribution >= 4 is 28.4 Å². The van der Waals surface area contributed by atoms with Gasteiger partial charge in [-0.3, -0.25) is 0 Å². The van der Waals surface area contributed by atoms with E-state index in [1.807, 2.05) is 42.1 Å². The molecule has 0 amide bonds. The molecule has 0 saturated carbocycles. The average Bonchev–Trinajstić information content (AvgIpc) is 2.80. The van der Waals surface area contributed by atoms with E-state index in [0.29, 0.717) is 11.1 Å². The van der Waals surface area contributed by atoms with Gasteiger partial charge in [-0.15, -0.1) is 0 Å². The van der Waals surface area contributed by atoms with Crippen LogP contribution >= 0.6 is 0 Å². The van der Waals surface area contributed by atoms with E-state index < -0.39 is 11.9 Å². The molecule has 1 aromatic heterocycles. The van der Waals surface area contributed by atoms with Crippen molar-refractivity contribution in [3.8, 4) is 0 Å². The second-order valence-corrected chi connectivity index (χ2v) is 5.66. The Hall–Kier alpha value is -2.82. The molecule has 0 aliphatic rings. The third-order valence-electron chi connectivity index (χ3n) is 3.85. The number of hydrogen-bond donors (Lipinski definition) is 2. The highest BCUT2D eigenvalue weighted by molar-refractivity contribution is 6.12. The summed E-state index contributed by atoms with van der Waals surface area (Å²) in [6.07, 6.45) is 1.83. The fraction of sp³-hybridized carbons (Fsp3) is 0.222.